The Morgan fingerprint density at radius 2 is 1.89 bits per heavy atom. The Morgan fingerprint density at radius 3 is 2.47 bits per heavy atom. The van der Waals surface area contributed by atoms with Crippen LogP contribution in [0.15, 0.2) is 18.2 Å². The molecule has 1 amide bonds. The number of carbonyl (C=O) groups is 1. The predicted octanol–water partition coefficient (Wildman–Crippen LogP) is 3.38. The molecular formula is C13H17Cl3N2O. The first-order chi connectivity index (χ1) is 8.59. The molecule has 0 radical (unpaired) electrons. The minimum absolute atomic E-state index is 0. The molecule has 1 fully saturated rings. The Morgan fingerprint density at radius 1 is 1.26 bits per heavy atom. The lowest BCUT2D eigenvalue weighted by molar-refractivity contribution is -0.122. The highest BCUT2D eigenvalue weighted by Crippen LogP contribution is 2.28. The molecule has 1 heterocycles. The van der Waals surface area contributed by atoms with E-state index in [1.807, 2.05) is 6.07 Å². The fourth-order valence-electron chi connectivity index (χ4n) is 2.16. The number of piperidine rings is 1. The Labute approximate surface area is 129 Å². The Hall–Kier alpha value is -0.480. The number of rotatable bonds is 2. The highest BCUT2D eigenvalue weighted by molar-refractivity contribution is 6.42. The highest BCUT2D eigenvalue weighted by atomic mass is 35.5. The van der Waals surface area contributed by atoms with Crippen LogP contribution in [0.1, 0.15) is 12.8 Å². The van der Waals surface area contributed by atoms with Gasteiger partial charge >= 0.3 is 0 Å². The van der Waals surface area contributed by atoms with Gasteiger partial charge in [0.15, 0.2) is 0 Å². The van der Waals surface area contributed by atoms with Gasteiger partial charge in [-0.15, -0.1) is 12.4 Å². The van der Waals surface area contributed by atoms with Gasteiger partial charge in [0.2, 0.25) is 5.91 Å². The van der Waals surface area contributed by atoms with Crippen molar-refractivity contribution in [2.24, 2.45) is 5.92 Å². The van der Waals surface area contributed by atoms with Gasteiger partial charge in [-0.05, 0) is 44.1 Å². The molecule has 1 N–H and O–H groups in total. The van der Waals surface area contributed by atoms with Crippen molar-refractivity contribution in [3.63, 3.8) is 0 Å². The molecule has 0 spiro atoms. The van der Waals surface area contributed by atoms with Crippen molar-refractivity contribution in [3.8, 4) is 0 Å². The molecule has 0 bridgehead atoms. The second-order valence-corrected chi connectivity index (χ2v) is 5.33. The predicted molar refractivity (Wildman–Crippen MR) is 82.7 cm³/mol. The smallest absolute Gasteiger partial charge is 0.229 e. The van der Waals surface area contributed by atoms with Gasteiger partial charge in [0.05, 0.1) is 10.0 Å². The van der Waals surface area contributed by atoms with Crippen molar-refractivity contribution in [1.82, 2.24) is 5.32 Å². The van der Waals surface area contributed by atoms with E-state index >= 15 is 0 Å². The monoisotopic (exact) mass is 322 g/mol. The lowest BCUT2D eigenvalue weighted by Crippen LogP contribution is -2.39. The van der Waals surface area contributed by atoms with Crippen LogP contribution in [0, 0.1) is 5.92 Å². The van der Waals surface area contributed by atoms with E-state index in [-0.39, 0.29) is 24.2 Å². The van der Waals surface area contributed by atoms with Gasteiger partial charge in [-0.3, -0.25) is 4.79 Å². The molecule has 6 heteroatoms. The summed E-state index contributed by atoms with van der Waals surface area (Å²) in [5.41, 5.74) is 0.785. The second-order valence-electron chi connectivity index (χ2n) is 4.52. The minimum atomic E-state index is 0. The fraction of sp³-hybridized carbons (Fsp3) is 0.462. The van der Waals surface area contributed by atoms with Crippen LogP contribution in [-0.4, -0.2) is 26.0 Å². The van der Waals surface area contributed by atoms with Gasteiger partial charge < -0.3 is 10.2 Å². The molecule has 0 aliphatic carbocycles. The van der Waals surface area contributed by atoms with E-state index in [1.54, 1.807) is 24.1 Å². The number of nitrogens with one attached hydrogen (secondary N) is 1. The van der Waals surface area contributed by atoms with Gasteiger partial charge in [0.1, 0.15) is 0 Å². The zero-order valence-electron chi connectivity index (χ0n) is 10.7. The lowest BCUT2D eigenvalue weighted by Gasteiger charge is -2.27. The third-order valence-corrected chi connectivity index (χ3v) is 4.05. The van der Waals surface area contributed by atoms with Gasteiger partial charge in [-0.1, -0.05) is 23.2 Å². The molecule has 2 rings (SSSR count). The van der Waals surface area contributed by atoms with E-state index in [9.17, 15) is 4.79 Å². The molecule has 1 saturated heterocycles. The summed E-state index contributed by atoms with van der Waals surface area (Å²) >= 11 is 11.8. The summed E-state index contributed by atoms with van der Waals surface area (Å²) in [4.78, 5) is 14.0. The number of hydrogen-bond acceptors (Lipinski definition) is 2. The van der Waals surface area contributed by atoms with Crippen molar-refractivity contribution in [2.45, 2.75) is 12.8 Å². The minimum Gasteiger partial charge on any atom is -0.317 e. The number of benzene rings is 1. The summed E-state index contributed by atoms with van der Waals surface area (Å²) in [6.45, 7) is 1.82. The molecule has 0 aromatic heterocycles. The standard InChI is InChI=1S/C13H16Cl2N2O.ClH/c1-17(10-2-3-11(14)12(15)8-10)13(18)9-4-6-16-7-5-9;/h2-3,8-9,16H,4-7H2,1H3;1H. The fourth-order valence-corrected chi connectivity index (χ4v) is 2.46. The average molecular weight is 324 g/mol. The maximum Gasteiger partial charge on any atom is 0.229 e. The Bertz CT molecular complexity index is 448. The zero-order chi connectivity index (χ0) is 13.1. The number of halogens is 3. The molecule has 0 saturated carbocycles. The topological polar surface area (TPSA) is 32.3 Å². The largest absolute Gasteiger partial charge is 0.317 e. The summed E-state index contributed by atoms with van der Waals surface area (Å²) in [6, 6.07) is 5.25. The molecule has 3 nitrogen and oxygen atoms in total. The normalized spacial score (nSPS) is 15.7. The molecule has 1 aliphatic heterocycles. The second kappa shape index (κ2) is 7.34. The summed E-state index contributed by atoms with van der Waals surface area (Å²) in [6.07, 6.45) is 1.79. The first-order valence-corrected chi connectivity index (χ1v) is 6.78. The first-order valence-electron chi connectivity index (χ1n) is 6.03. The lowest BCUT2D eigenvalue weighted by atomic mass is 9.96. The maximum atomic E-state index is 12.3. The molecule has 19 heavy (non-hydrogen) atoms. The molecular weight excluding hydrogens is 307 g/mol. The van der Waals surface area contributed by atoms with E-state index in [0.717, 1.165) is 31.6 Å². The van der Waals surface area contributed by atoms with Gasteiger partial charge in [0, 0.05) is 18.7 Å². The molecule has 0 atom stereocenters. The number of amides is 1. The number of nitrogens with zero attached hydrogens (tertiary/aromatic N) is 1. The maximum absolute atomic E-state index is 12.3. The van der Waals surface area contributed by atoms with E-state index in [4.69, 9.17) is 23.2 Å². The Balaban J connectivity index is 0.00000180. The zero-order valence-corrected chi connectivity index (χ0v) is 13.0. The van der Waals surface area contributed by atoms with Crippen LogP contribution in [0.5, 0.6) is 0 Å². The molecule has 1 aromatic carbocycles. The third-order valence-electron chi connectivity index (χ3n) is 3.31. The van der Waals surface area contributed by atoms with E-state index < -0.39 is 0 Å². The summed E-state index contributed by atoms with van der Waals surface area (Å²) in [5, 5.41) is 4.23. The van der Waals surface area contributed by atoms with Crippen LogP contribution in [0.25, 0.3) is 0 Å². The summed E-state index contributed by atoms with van der Waals surface area (Å²) in [7, 11) is 1.78. The van der Waals surface area contributed by atoms with Crippen molar-refractivity contribution >= 4 is 47.2 Å². The van der Waals surface area contributed by atoms with Crippen LogP contribution in [-0.2, 0) is 4.79 Å². The van der Waals surface area contributed by atoms with E-state index in [1.165, 1.54) is 0 Å². The van der Waals surface area contributed by atoms with E-state index in [0.29, 0.717) is 10.0 Å². The highest BCUT2D eigenvalue weighted by Gasteiger charge is 2.24. The van der Waals surface area contributed by atoms with Gasteiger partial charge in [0.25, 0.3) is 0 Å². The number of hydrogen-bond donors (Lipinski definition) is 1. The van der Waals surface area contributed by atoms with Gasteiger partial charge in [-0.2, -0.15) is 0 Å². The van der Waals surface area contributed by atoms with Crippen LogP contribution in [0.4, 0.5) is 5.69 Å². The summed E-state index contributed by atoms with van der Waals surface area (Å²) in [5.74, 6) is 0.251. The molecule has 1 aliphatic rings. The molecule has 1 aromatic rings. The van der Waals surface area contributed by atoms with Crippen LogP contribution in [0.3, 0.4) is 0 Å². The van der Waals surface area contributed by atoms with Gasteiger partial charge in [-0.25, -0.2) is 0 Å². The molecule has 106 valence electrons. The number of anilines is 1. The third kappa shape index (κ3) is 3.99. The van der Waals surface area contributed by atoms with E-state index in [2.05, 4.69) is 5.32 Å². The molecule has 0 unspecified atom stereocenters. The SMILES string of the molecule is CN(C(=O)C1CCNCC1)c1ccc(Cl)c(Cl)c1.Cl. The van der Waals surface area contributed by atoms with Crippen molar-refractivity contribution in [1.29, 1.82) is 0 Å². The van der Waals surface area contributed by atoms with Crippen LogP contribution in [0.2, 0.25) is 10.0 Å². The first kappa shape index (κ1) is 16.6. The number of carbonyl (C=O) groups excluding carboxylic acids is 1. The van der Waals surface area contributed by atoms with Crippen LogP contribution >= 0.6 is 35.6 Å². The van der Waals surface area contributed by atoms with Crippen LogP contribution < -0.4 is 10.2 Å². The van der Waals surface area contributed by atoms with Crippen molar-refractivity contribution in [2.75, 3.05) is 25.0 Å². The Kier molecular flexibility index (Phi) is 6.40. The summed E-state index contributed by atoms with van der Waals surface area (Å²) < 4.78 is 0. The average Bonchev–Trinajstić information content (AvgIpc) is 2.41. The van der Waals surface area contributed by atoms with Crippen molar-refractivity contribution in [3.05, 3.63) is 28.2 Å². The van der Waals surface area contributed by atoms with Crippen molar-refractivity contribution < 1.29 is 4.79 Å². The quantitative estimate of drug-likeness (QED) is 0.905.